The maximum atomic E-state index is 12.8. The zero-order valence-electron chi connectivity index (χ0n) is 6.69. The topological polar surface area (TPSA) is 26.0 Å². The molecule has 1 aromatic rings. The van der Waals surface area contributed by atoms with E-state index < -0.39 is 0 Å². The molecular formula is C9H11BrFN. The van der Waals surface area contributed by atoms with E-state index in [1.165, 1.54) is 6.07 Å². The number of halogens is 2. The summed E-state index contributed by atoms with van der Waals surface area (Å²) in [7, 11) is 0. The Balaban J connectivity index is 2.72. The zero-order chi connectivity index (χ0) is 8.97. The van der Waals surface area contributed by atoms with Crippen molar-refractivity contribution in [1.82, 2.24) is 0 Å². The summed E-state index contributed by atoms with van der Waals surface area (Å²) in [5.41, 5.74) is 6.34. The largest absolute Gasteiger partial charge is 0.330 e. The summed E-state index contributed by atoms with van der Waals surface area (Å²) in [4.78, 5) is 0. The van der Waals surface area contributed by atoms with Gasteiger partial charge in [-0.2, -0.15) is 0 Å². The molecule has 0 heterocycles. The zero-order valence-corrected chi connectivity index (χ0v) is 8.27. The van der Waals surface area contributed by atoms with Crippen molar-refractivity contribution in [3.63, 3.8) is 0 Å². The fourth-order valence-electron chi connectivity index (χ4n) is 1.06. The van der Waals surface area contributed by atoms with Crippen LogP contribution >= 0.6 is 15.9 Å². The molecule has 0 saturated carbocycles. The highest BCUT2D eigenvalue weighted by Gasteiger charge is 1.97. The van der Waals surface area contributed by atoms with Gasteiger partial charge in [0, 0.05) is 4.47 Å². The molecular weight excluding hydrogens is 221 g/mol. The molecule has 1 rings (SSSR count). The van der Waals surface area contributed by atoms with E-state index in [0.717, 1.165) is 22.9 Å². The number of aryl methyl sites for hydroxylation is 1. The van der Waals surface area contributed by atoms with E-state index in [9.17, 15) is 4.39 Å². The minimum Gasteiger partial charge on any atom is -0.330 e. The van der Waals surface area contributed by atoms with Crippen LogP contribution in [0.25, 0.3) is 0 Å². The number of hydrogen-bond acceptors (Lipinski definition) is 1. The number of rotatable bonds is 3. The lowest BCUT2D eigenvalue weighted by Crippen LogP contribution is -2.00. The summed E-state index contributed by atoms with van der Waals surface area (Å²) >= 11 is 3.23. The molecule has 0 saturated heterocycles. The van der Waals surface area contributed by atoms with Gasteiger partial charge in [-0.05, 0) is 43.1 Å². The minimum absolute atomic E-state index is 0.198. The molecule has 0 spiro atoms. The van der Waals surface area contributed by atoms with Gasteiger partial charge >= 0.3 is 0 Å². The van der Waals surface area contributed by atoms with Gasteiger partial charge in [0.15, 0.2) is 0 Å². The lowest BCUT2D eigenvalue weighted by molar-refractivity contribution is 0.623. The molecule has 66 valence electrons. The Hall–Kier alpha value is -0.410. The van der Waals surface area contributed by atoms with Crippen LogP contribution in [0.15, 0.2) is 22.7 Å². The summed E-state index contributed by atoms with van der Waals surface area (Å²) < 4.78 is 13.6. The van der Waals surface area contributed by atoms with Crippen LogP contribution in [0.2, 0.25) is 0 Å². The maximum Gasteiger partial charge on any atom is 0.124 e. The Kier molecular flexibility index (Phi) is 3.69. The van der Waals surface area contributed by atoms with Gasteiger partial charge in [0.05, 0.1) is 0 Å². The highest BCUT2D eigenvalue weighted by Crippen LogP contribution is 2.15. The first-order valence-corrected chi connectivity index (χ1v) is 4.66. The highest BCUT2D eigenvalue weighted by atomic mass is 79.9. The summed E-state index contributed by atoms with van der Waals surface area (Å²) in [5, 5.41) is 0. The van der Waals surface area contributed by atoms with Crippen LogP contribution in [-0.2, 0) is 6.42 Å². The van der Waals surface area contributed by atoms with Crippen LogP contribution in [0.3, 0.4) is 0 Å². The molecule has 1 aromatic carbocycles. The quantitative estimate of drug-likeness (QED) is 0.851. The molecule has 0 aliphatic heterocycles. The van der Waals surface area contributed by atoms with Gasteiger partial charge in [-0.1, -0.05) is 15.9 Å². The van der Waals surface area contributed by atoms with E-state index in [1.807, 2.05) is 6.07 Å². The second-order valence-electron chi connectivity index (χ2n) is 2.67. The second-order valence-corrected chi connectivity index (χ2v) is 3.59. The van der Waals surface area contributed by atoms with Crippen molar-refractivity contribution in [1.29, 1.82) is 0 Å². The first-order chi connectivity index (χ1) is 5.72. The van der Waals surface area contributed by atoms with E-state index in [4.69, 9.17) is 5.73 Å². The normalized spacial score (nSPS) is 10.2. The first kappa shape index (κ1) is 9.68. The van der Waals surface area contributed by atoms with E-state index in [2.05, 4.69) is 15.9 Å². The molecule has 12 heavy (non-hydrogen) atoms. The van der Waals surface area contributed by atoms with Crippen LogP contribution in [0.4, 0.5) is 4.39 Å². The molecule has 0 aromatic heterocycles. The maximum absolute atomic E-state index is 12.8. The van der Waals surface area contributed by atoms with Crippen LogP contribution in [0.5, 0.6) is 0 Å². The van der Waals surface area contributed by atoms with E-state index in [-0.39, 0.29) is 5.82 Å². The third kappa shape index (κ3) is 2.91. The Morgan fingerprint density at radius 1 is 1.33 bits per heavy atom. The number of nitrogens with two attached hydrogens (primary N) is 1. The molecule has 0 fully saturated rings. The second kappa shape index (κ2) is 4.58. The minimum atomic E-state index is -0.198. The summed E-state index contributed by atoms with van der Waals surface area (Å²) in [6.07, 6.45) is 1.74. The van der Waals surface area contributed by atoms with Gasteiger partial charge < -0.3 is 5.73 Å². The van der Waals surface area contributed by atoms with Crippen LogP contribution in [0, 0.1) is 5.82 Å². The van der Waals surface area contributed by atoms with E-state index in [0.29, 0.717) is 6.54 Å². The lowest BCUT2D eigenvalue weighted by atomic mass is 10.1. The standard InChI is InChI=1S/C9H11BrFN/c10-8-4-7(2-1-3-12)5-9(11)6-8/h4-6H,1-3,12H2. The molecule has 0 aliphatic carbocycles. The molecule has 0 aliphatic rings. The molecule has 0 bridgehead atoms. The SMILES string of the molecule is NCCCc1cc(F)cc(Br)c1. The Morgan fingerprint density at radius 3 is 2.67 bits per heavy atom. The van der Waals surface area contributed by atoms with E-state index in [1.54, 1.807) is 6.07 Å². The molecule has 2 N–H and O–H groups in total. The van der Waals surface area contributed by atoms with Crippen molar-refractivity contribution in [2.24, 2.45) is 5.73 Å². The molecule has 0 amide bonds. The monoisotopic (exact) mass is 231 g/mol. The van der Waals surface area contributed by atoms with Crippen molar-refractivity contribution in [2.75, 3.05) is 6.54 Å². The third-order valence-corrected chi connectivity index (χ3v) is 2.05. The molecule has 0 unspecified atom stereocenters. The van der Waals surface area contributed by atoms with Crippen LogP contribution in [0.1, 0.15) is 12.0 Å². The molecule has 3 heteroatoms. The lowest BCUT2D eigenvalue weighted by Gasteiger charge is -2.00. The summed E-state index contributed by atoms with van der Waals surface area (Å²) in [5.74, 6) is -0.198. The van der Waals surface area contributed by atoms with Gasteiger partial charge in [-0.25, -0.2) is 4.39 Å². The van der Waals surface area contributed by atoms with Gasteiger partial charge in [-0.15, -0.1) is 0 Å². The van der Waals surface area contributed by atoms with Crippen molar-refractivity contribution in [3.05, 3.63) is 34.1 Å². The fourth-order valence-corrected chi connectivity index (χ4v) is 1.57. The van der Waals surface area contributed by atoms with Gasteiger partial charge in [0.2, 0.25) is 0 Å². The molecule has 1 nitrogen and oxygen atoms in total. The van der Waals surface area contributed by atoms with Crippen molar-refractivity contribution in [3.8, 4) is 0 Å². The molecule has 0 atom stereocenters. The number of benzene rings is 1. The predicted octanol–water partition coefficient (Wildman–Crippen LogP) is 2.48. The summed E-state index contributed by atoms with van der Waals surface area (Å²) in [6, 6.07) is 4.91. The van der Waals surface area contributed by atoms with Crippen LogP contribution in [-0.4, -0.2) is 6.54 Å². The smallest absolute Gasteiger partial charge is 0.124 e. The Morgan fingerprint density at radius 2 is 2.08 bits per heavy atom. The van der Waals surface area contributed by atoms with Crippen molar-refractivity contribution in [2.45, 2.75) is 12.8 Å². The highest BCUT2D eigenvalue weighted by molar-refractivity contribution is 9.10. The van der Waals surface area contributed by atoms with Gasteiger partial charge in [0.25, 0.3) is 0 Å². The Bertz CT molecular complexity index is 242. The van der Waals surface area contributed by atoms with Crippen LogP contribution < -0.4 is 5.73 Å². The average molecular weight is 232 g/mol. The molecule has 0 radical (unpaired) electrons. The van der Waals surface area contributed by atoms with E-state index >= 15 is 0 Å². The van der Waals surface area contributed by atoms with Crippen molar-refractivity contribution < 1.29 is 4.39 Å². The first-order valence-electron chi connectivity index (χ1n) is 3.87. The average Bonchev–Trinajstić information content (AvgIpc) is 1.99. The predicted molar refractivity (Wildman–Crippen MR) is 51.5 cm³/mol. The summed E-state index contributed by atoms with van der Waals surface area (Å²) in [6.45, 7) is 0.647. The fraction of sp³-hybridized carbons (Fsp3) is 0.333. The number of hydrogen-bond donors (Lipinski definition) is 1. The third-order valence-electron chi connectivity index (χ3n) is 1.59. The van der Waals surface area contributed by atoms with Gasteiger partial charge in [0.1, 0.15) is 5.82 Å². The Labute approximate surface area is 79.9 Å². The van der Waals surface area contributed by atoms with Gasteiger partial charge in [-0.3, -0.25) is 0 Å². The van der Waals surface area contributed by atoms with Crippen molar-refractivity contribution >= 4 is 15.9 Å².